The fraction of sp³-hybridized carbons (Fsp3) is 0.588. The van der Waals surface area contributed by atoms with Crippen LogP contribution in [-0.2, 0) is 0 Å². The molecule has 0 N–H and O–H groups in total. The van der Waals surface area contributed by atoms with E-state index in [1.165, 1.54) is 6.42 Å². The summed E-state index contributed by atoms with van der Waals surface area (Å²) in [6.07, 6.45) is 1.18. The van der Waals surface area contributed by atoms with E-state index in [9.17, 15) is 5.26 Å². The van der Waals surface area contributed by atoms with Gasteiger partial charge in [0.1, 0.15) is 11.8 Å². The number of benzene rings is 1. The predicted molar refractivity (Wildman–Crippen MR) is 89.3 cm³/mol. The van der Waals surface area contributed by atoms with Crippen LogP contribution in [0.15, 0.2) is 18.2 Å². The summed E-state index contributed by atoms with van der Waals surface area (Å²) in [5.74, 6) is 0.678. The van der Waals surface area contributed by atoms with Crippen molar-refractivity contribution < 1.29 is 4.74 Å². The lowest BCUT2D eigenvalue weighted by Gasteiger charge is -2.37. The third-order valence-corrected chi connectivity index (χ3v) is 4.30. The molecule has 5 heteroatoms. The molecule has 22 heavy (non-hydrogen) atoms. The number of hydrogen-bond acceptors (Lipinski definition) is 4. The maximum absolute atomic E-state index is 9.58. The number of nitrogens with zero attached hydrogens (tertiary/aromatic N) is 3. The summed E-state index contributed by atoms with van der Waals surface area (Å²) in [4.78, 5) is 4.69. The summed E-state index contributed by atoms with van der Waals surface area (Å²) < 4.78 is 5.46. The van der Waals surface area contributed by atoms with Gasteiger partial charge in [-0.2, -0.15) is 5.26 Å². The normalized spacial score (nSPS) is 17.9. The van der Waals surface area contributed by atoms with Crippen LogP contribution in [0, 0.1) is 11.3 Å². The molecule has 4 nitrogen and oxygen atoms in total. The average molecular weight is 322 g/mol. The zero-order valence-corrected chi connectivity index (χ0v) is 14.1. The van der Waals surface area contributed by atoms with Crippen molar-refractivity contribution in [2.75, 3.05) is 39.3 Å². The first-order valence-corrected chi connectivity index (χ1v) is 8.35. The van der Waals surface area contributed by atoms with E-state index in [0.717, 1.165) is 38.3 Å². The van der Waals surface area contributed by atoms with Gasteiger partial charge in [0.15, 0.2) is 0 Å². The van der Waals surface area contributed by atoms with Gasteiger partial charge in [-0.05, 0) is 37.6 Å². The molecular weight excluding hydrogens is 298 g/mol. The predicted octanol–water partition coefficient (Wildman–Crippen LogP) is 3.33. The molecule has 1 aromatic rings. The minimum Gasteiger partial charge on any atom is -0.492 e. The van der Waals surface area contributed by atoms with Crippen molar-refractivity contribution >= 4 is 11.6 Å². The fourth-order valence-electron chi connectivity index (χ4n) is 2.89. The Morgan fingerprint density at radius 1 is 1.27 bits per heavy atom. The number of nitriles is 1. The summed E-state index contributed by atoms with van der Waals surface area (Å²) in [6, 6.07) is 7.85. The number of piperazine rings is 1. The van der Waals surface area contributed by atoms with Crippen LogP contribution >= 0.6 is 11.6 Å². The SMILES string of the molecule is CCCN1CCN(C(C#N)c2ccc(OCC)c(Cl)c2)CC1. The first-order chi connectivity index (χ1) is 10.7. The fourth-order valence-corrected chi connectivity index (χ4v) is 3.13. The average Bonchev–Trinajstić information content (AvgIpc) is 2.53. The molecule has 1 aliphatic heterocycles. The monoisotopic (exact) mass is 321 g/mol. The Kier molecular flexibility index (Phi) is 6.50. The first kappa shape index (κ1) is 17.1. The highest BCUT2D eigenvalue weighted by Crippen LogP contribution is 2.30. The summed E-state index contributed by atoms with van der Waals surface area (Å²) >= 11 is 6.25. The molecule has 1 aromatic carbocycles. The highest BCUT2D eigenvalue weighted by molar-refractivity contribution is 6.32. The minimum atomic E-state index is -0.239. The molecule has 0 amide bonds. The zero-order valence-electron chi connectivity index (χ0n) is 13.4. The van der Waals surface area contributed by atoms with E-state index in [-0.39, 0.29) is 6.04 Å². The Morgan fingerprint density at radius 3 is 2.55 bits per heavy atom. The van der Waals surface area contributed by atoms with Gasteiger partial charge in [0, 0.05) is 26.2 Å². The van der Waals surface area contributed by atoms with Crippen molar-refractivity contribution in [2.24, 2.45) is 0 Å². The maximum Gasteiger partial charge on any atom is 0.137 e. The van der Waals surface area contributed by atoms with Crippen molar-refractivity contribution in [3.05, 3.63) is 28.8 Å². The van der Waals surface area contributed by atoms with Gasteiger partial charge in [-0.3, -0.25) is 4.90 Å². The molecule has 0 radical (unpaired) electrons. The van der Waals surface area contributed by atoms with E-state index in [0.29, 0.717) is 17.4 Å². The number of ether oxygens (including phenoxy) is 1. The van der Waals surface area contributed by atoms with Crippen LogP contribution < -0.4 is 4.74 Å². The van der Waals surface area contributed by atoms with Gasteiger partial charge in [0.25, 0.3) is 0 Å². The molecule has 0 aromatic heterocycles. The van der Waals surface area contributed by atoms with Gasteiger partial charge in [-0.15, -0.1) is 0 Å². The smallest absolute Gasteiger partial charge is 0.137 e. The third-order valence-electron chi connectivity index (χ3n) is 4.01. The lowest BCUT2D eigenvalue weighted by Crippen LogP contribution is -2.47. The van der Waals surface area contributed by atoms with Gasteiger partial charge in [-0.25, -0.2) is 0 Å². The Bertz CT molecular complexity index is 521. The first-order valence-electron chi connectivity index (χ1n) is 7.97. The Hall–Kier alpha value is -1.28. The standard InChI is InChI=1S/C17H24ClN3O/c1-3-7-20-8-10-21(11-9-20)16(13-19)14-5-6-17(22-4-2)15(18)12-14/h5-6,12,16H,3-4,7-11H2,1-2H3. The second-order valence-electron chi connectivity index (χ2n) is 5.53. The number of halogens is 1. The lowest BCUT2D eigenvalue weighted by atomic mass is 10.1. The van der Waals surface area contributed by atoms with Crippen molar-refractivity contribution in [3.63, 3.8) is 0 Å². The van der Waals surface area contributed by atoms with Gasteiger partial charge in [-0.1, -0.05) is 24.6 Å². The maximum atomic E-state index is 9.58. The quantitative estimate of drug-likeness (QED) is 0.805. The molecule has 1 aliphatic rings. The number of rotatable bonds is 6. The van der Waals surface area contributed by atoms with Crippen molar-refractivity contribution in [1.29, 1.82) is 5.26 Å². The molecule has 1 fully saturated rings. The molecule has 0 bridgehead atoms. The van der Waals surface area contributed by atoms with E-state index in [2.05, 4.69) is 22.8 Å². The highest BCUT2D eigenvalue weighted by atomic mass is 35.5. The Balaban J connectivity index is 2.06. The molecule has 120 valence electrons. The zero-order chi connectivity index (χ0) is 15.9. The molecule has 2 rings (SSSR count). The Labute approximate surface area is 138 Å². The second-order valence-corrected chi connectivity index (χ2v) is 5.94. The van der Waals surface area contributed by atoms with Gasteiger partial charge >= 0.3 is 0 Å². The van der Waals surface area contributed by atoms with Crippen molar-refractivity contribution in [3.8, 4) is 11.8 Å². The molecule has 1 saturated heterocycles. The van der Waals surface area contributed by atoms with Crippen LogP contribution in [-0.4, -0.2) is 49.1 Å². The molecule has 0 spiro atoms. The second kappa shape index (κ2) is 8.38. The van der Waals surface area contributed by atoms with E-state index in [1.807, 2.05) is 25.1 Å². The van der Waals surface area contributed by atoms with Gasteiger partial charge in [0.2, 0.25) is 0 Å². The Morgan fingerprint density at radius 2 is 2.00 bits per heavy atom. The van der Waals surface area contributed by atoms with E-state index in [4.69, 9.17) is 16.3 Å². The minimum absolute atomic E-state index is 0.239. The van der Waals surface area contributed by atoms with Crippen LogP contribution in [0.2, 0.25) is 5.02 Å². The third kappa shape index (κ3) is 4.13. The van der Waals surface area contributed by atoms with E-state index in [1.54, 1.807) is 0 Å². The molecule has 1 atom stereocenters. The van der Waals surface area contributed by atoms with E-state index >= 15 is 0 Å². The topological polar surface area (TPSA) is 39.5 Å². The van der Waals surface area contributed by atoms with E-state index < -0.39 is 0 Å². The van der Waals surface area contributed by atoms with Gasteiger partial charge in [0.05, 0.1) is 17.7 Å². The highest BCUT2D eigenvalue weighted by Gasteiger charge is 2.25. The molecule has 1 heterocycles. The largest absolute Gasteiger partial charge is 0.492 e. The molecule has 1 unspecified atom stereocenters. The van der Waals surface area contributed by atoms with Crippen molar-refractivity contribution in [2.45, 2.75) is 26.3 Å². The van der Waals surface area contributed by atoms with Crippen LogP contribution in [0.3, 0.4) is 0 Å². The molecule has 0 aliphatic carbocycles. The molecular formula is C17H24ClN3O. The summed E-state index contributed by atoms with van der Waals surface area (Å²) in [6.45, 7) is 9.74. The van der Waals surface area contributed by atoms with Crippen LogP contribution in [0.25, 0.3) is 0 Å². The summed E-state index contributed by atoms with van der Waals surface area (Å²) in [7, 11) is 0. The van der Waals surface area contributed by atoms with Crippen LogP contribution in [0.1, 0.15) is 31.9 Å². The molecule has 0 saturated carbocycles. The lowest BCUT2D eigenvalue weighted by molar-refractivity contribution is 0.114. The summed E-state index contributed by atoms with van der Waals surface area (Å²) in [5, 5.41) is 10.2. The summed E-state index contributed by atoms with van der Waals surface area (Å²) in [5.41, 5.74) is 0.944. The number of hydrogen-bond donors (Lipinski definition) is 0. The van der Waals surface area contributed by atoms with Gasteiger partial charge < -0.3 is 9.64 Å². The van der Waals surface area contributed by atoms with Crippen LogP contribution in [0.4, 0.5) is 0 Å². The van der Waals surface area contributed by atoms with Crippen LogP contribution in [0.5, 0.6) is 5.75 Å². The van der Waals surface area contributed by atoms with Crippen molar-refractivity contribution in [1.82, 2.24) is 9.80 Å².